The van der Waals surface area contributed by atoms with Crippen LogP contribution in [0.5, 0.6) is 0 Å². The molecule has 4 rings (SSSR count). The van der Waals surface area contributed by atoms with Crippen molar-refractivity contribution in [2.75, 3.05) is 18.1 Å². The van der Waals surface area contributed by atoms with E-state index in [-0.39, 0.29) is 4.90 Å². The summed E-state index contributed by atoms with van der Waals surface area (Å²) in [4.78, 5) is 0.273. The first kappa shape index (κ1) is 18.3. The fourth-order valence-corrected chi connectivity index (χ4v) is 4.58. The quantitative estimate of drug-likeness (QED) is 0.678. The van der Waals surface area contributed by atoms with Gasteiger partial charge >= 0.3 is 0 Å². The van der Waals surface area contributed by atoms with Crippen LogP contribution >= 0.6 is 0 Å². The highest BCUT2D eigenvalue weighted by Gasteiger charge is 2.32. The summed E-state index contributed by atoms with van der Waals surface area (Å²) in [5, 5.41) is 6.56. The topological polar surface area (TPSA) is 53.0 Å². The molecule has 3 aromatic carbocycles. The maximum atomic E-state index is 13.4. The summed E-state index contributed by atoms with van der Waals surface area (Å²) in [5.41, 5.74) is 2.71. The van der Waals surface area contributed by atoms with E-state index in [1.165, 1.54) is 4.31 Å². The second-order valence-corrected chi connectivity index (χ2v) is 8.50. The molecular formula is C22H21N3O2S. The first-order chi connectivity index (χ1) is 13.6. The van der Waals surface area contributed by atoms with Crippen molar-refractivity contribution in [2.45, 2.75) is 11.8 Å². The van der Waals surface area contributed by atoms with Gasteiger partial charge in [-0.15, -0.1) is 0 Å². The van der Waals surface area contributed by atoms with E-state index < -0.39 is 10.0 Å². The molecule has 0 radical (unpaired) electrons. The molecule has 0 bridgehead atoms. The molecule has 1 heterocycles. The van der Waals surface area contributed by atoms with E-state index in [4.69, 9.17) is 5.10 Å². The molecule has 0 atom stereocenters. The first-order valence-corrected chi connectivity index (χ1v) is 10.6. The van der Waals surface area contributed by atoms with Crippen LogP contribution in [-0.2, 0) is 10.0 Å². The fraction of sp³-hybridized carbons (Fsp3) is 0.136. The van der Waals surface area contributed by atoms with Crippen molar-refractivity contribution in [2.24, 2.45) is 5.10 Å². The van der Waals surface area contributed by atoms with Crippen LogP contribution in [0, 0.1) is 6.92 Å². The molecule has 142 valence electrons. The minimum Gasteiger partial charge on any atom is -0.262 e. The smallest absolute Gasteiger partial charge is 0.262 e. The molecular weight excluding hydrogens is 370 g/mol. The molecule has 1 aliphatic rings. The highest BCUT2D eigenvalue weighted by molar-refractivity contribution is 7.89. The molecule has 0 N–H and O–H groups in total. The minimum atomic E-state index is -3.71. The van der Waals surface area contributed by atoms with Crippen molar-refractivity contribution in [1.82, 2.24) is 4.31 Å². The summed E-state index contributed by atoms with van der Waals surface area (Å²) in [6.07, 6.45) is 0. The summed E-state index contributed by atoms with van der Waals surface area (Å²) >= 11 is 0. The molecule has 0 saturated carbocycles. The van der Waals surface area contributed by atoms with Gasteiger partial charge in [-0.25, -0.2) is 12.7 Å². The third-order valence-corrected chi connectivity index (χ3v) is 6.47. The molecule has 0 spiro atoms. The van der Waals surface area contributed by atoms with Gasteiger partial charge in [0.05, 0.1) is 23.7 Å². The zero-order valence-electron chi connectivity index (χ0n) is 15.6. The van der Waals surface area contributed by atoms with Gasteiger partial charge in [-0.1, -0.05) is 66.2 Å². The summed E-state index contributed by atoms with van der Waals surface area (Å²) in [7, 11) is -3.71. The Labute approximate surface area is 165 Å². The standard InChI is InChI=1S/C22H21N3O2S/c1-18-12-14-21(15-13-18)28(26,27)25-17-16-24(20-10-6-3-7-11-20)23-22(25)19-8-4-2-5-9-19/h2-15H,16-17H2,1H3. The fourth-order valence-electron chi connectivity index (χ4n) is 3.15. The van der Waals surface area contributed by atoms with E-state index in [1.54, 1.807) is 12.1 Å². The van der Waals surface area contributed by atoms with Gasteiger partial charge in [-0.2, -0.15) is 5.10 Å². The maximum absolute atomic E-state index is 13.4. The average molecular weight is 391 g/mol. The zero-order valence-corrected chi connectivity index (χ0v) is 16.4. The van der Waals surface area contributed by atoms with E-state index in [2.05, 4.69) is 0 Å². The molecule has 0 fully saturated rings. The normalized spacial score (nSPS) is 14.7. The van der Waals surface area contributed by atoms with Crippen molar-refractivity contribution in [3.05, 3.63) is 96.1 Å². The van der Waals surface area contributed by atoms with Gasteiger partial charge < -0.3 is 0 Å². The monoisotopic (exact) mass is 391 g/mol. The molecule has 3 aromatic rings. The predicted molar refractivity (Wildman–Crippen MR) is 112 cm³/mol. The predicted octanol–water partition coefficient (Wildman–Crippen LogP) is 3.87. The Kier molecular flexibility index (Phi) is 4.88. The lowest BCUT2D eigenvalue weighted by Gasteiger charge is -2.34. The van der Waals surface area contributed by atoms with Gasteiger partial charge in [-0.3, -0.25) is 5.01 Å². The third-order valence-electron chi connectivity index (χ3n) is 4.66. The lowest BCUT2D eigenvalue weighted by molar-refractivity contribution is 0.506. The largest absolute Gasteiger partial charge is 0.265 e. The van der Waals surface area contributed by atoms with Crippen LogP contribution in [0.25, 0.3) is 0 Å². The number of anilines is 1. The highest BCUT2D eigenvalue weighted by atomic mass is 32.2. The Balaban J connectivity index is 1.79. The van der Waals surface area contributed by atoms with E-state index >= 15 is 0 Å². The van der Waals surface area contributed by atoms with E-state index in [9.17, 15) is 8.42 Å². The van der Waals surface area contributed by atoms with Crippen LogP contribution < -0.4 is 5.01 Å². The van der Waals surface area contributed by atoms with Crippen molar-refractivity contribution < 1.29 is 8.42 Å². The van der Waals surface area contributed by atoms with Crippen molar-refractivity contribution in [1.29, 1.82) is 0 Å². The highest BCUT2D eigenvalue weighted by Crippen LogP contribution is 2.25. The maximum Gasteiger partial charge on any atom is 0.265 e. The van der Waals surface area contributed by atoms with Gasteiger partial charge in [0.2, 0.25) is 0 Å². The Morgan fingerprint density at radius 2 is 1.39 bits per heavy atom. The zero-order chi connectivity index (χ0) is 19.6. The SMILES string of the molecule is Cc1ccc(S(=O)(=O)N2CCN(c3ccccc3)N=C2c2ccccc2)cc1. The third kappa shape index (κ3) is 3.51. The van der Waals surface area contributed by atoms with E-state index in [1.807, 2.05) is 84.7 Å². The number of aryl methyl sites for hydroxylation is 1. The number of hydrogen-bond donors (Lipinski definition) is 0. The van der Waals surface area contributed by atoms with Crippen LogP contribution in [0.1, 0.15) is 11.1 Å². The van der Waals surface area contributed by atoms with Crippen LogP contribution in [-0.4, -0.2) is 31.6 Å². The number of hydrogen-bond acceptors (Lipinski definition) is 4. The van der Waals surface area contributed by atoms with Crippen LogP contribution in [0.3, 0.4) is 0 Å². The molecule has 0 unspecified atom stereocenters. The number of para-hydroxylation sites is 1. The summed E-state index contributed by atoms with van der Waals surface area (Å²) < 4.78 is 28.1. The van der Waals surface area contributed by atoms with Gasteiger partial charge in [0.15, 0.2) is 5.84 Å². The number of amidine groups is 1. The molecule has 0 saturated heterocycles. The number of hydrazone groups is 1. The summed E-state index contributed by atoms with van der Waals surface area (Å²) in [5.74, 6) is 0.427. The molecule has 0 aliphatic carbocycles. The Hall–Kier alpha value is -3.12. The number of rotatable bonds is 4. The van der Waals surface area contributed by atoms with Crippen molar-refractivity contribution in [3.8, 4) is 0 Å². The van der Waals surface area contributed by atoms with Gasteiger partial charge in [-0.05, 0) is 31.2 Å². The van der Waals surface area contributed by atoms with E-state index in [0.29, 0.717) is 18.9 Å². The molecule has 6 heteroatoms. The minimum absolute atomic E-state index is 0.273. The molecule has 5 nitrogen and oxygen atoms in total. The second-order valence-electron chi connectivity index (χ2n) is 6.64. The van der Waals surface area contributed by atoms with Gasteiger partial charge in [0, 0.05) is 5.56 Å². The van der Waals surface area contributed by atoms with Gasteiger partial charge in [0.1, 0.15) is 0 Å². The Morgan fingerprint density at radius 3 is 2.04 bits per heavy atom. The number of nitrogens with zero attached hydrogens (tertiary/aromatic N) is 3. The van der Waals surface area contributed by atoms with Crippen LogP contribution in [0.4, 0.5) is 5.69 Å². The Morgan fingerprint density at radius 1 is 0.786 bits per heavy atom. The summed E-state index contributed by atoms with van der Waals surface area (Å²) in [6.45, 7) is 2.73. The molecule has 28 heavy (non-hydrogen) atoms. The van der Waals surface area contributed by atoms with Gasteiger partial charge in [0.25, 0.3) is 10.0 Å². The lowest BCUT2D eigenvalue weighted by Crippen LogP contribution is -2.47. The molecule has 1 aliphatic heterocycles. The molecule has 0 aromatic heterocycles. The first-order valence-electron chi connectivity index (χ1n) is 9.12. The lowest BCUT2D eigenvalue weighted by atomic mass is 10.2. The number of sulfonamides is 1. The van der Waals surface area contributed by atoms with Crippen molar-refractivity contribution in [3.63, 3.8) is 0 Å². The Bertz CT molecular complexity index is 1080. The van der Waals surface area contributed by atoms with Crippen LogP contribution in [0.15, 0.2) is 94.9 Å². The van der Waals surface area contributed by atoms with Crippen LogP contribution in [0.2, 0.25) is 0 Å². The average Bonchev–Trinajstić information content (AvgIpc) is 2.75. The van der Waals surface area contributed by atoms with Crippen molar-refractivity contribution >= 4 is 21.5 Å². The summed E-state index contributed by atoms with van der Waals surface area (Å²) in [6, 6.07) is 26.1. The number of benzene rings is 3. The van der Waals surface area contributed by atoms with E-state index in [0.717, 1.165) is 16.8 Å². The second kappa shape index (κ2) is 7.48. The molecule has 0 amide bonds.